The van der Waals surface area contributed by atoms with Crippen molar-refractivity contribution in [2.75, 3.05) is 0 Å². The van der Waals surface area contributed by atoms with Crippen molar-refractivity contribution < 1.29 is 4.79 Å². The van der Waals surface area contributed by atoms with Crippen LogP contribution in [-0.4, -0.2) is 12.9 Å². The predicted molar refractivity (Wildman–Crippen MR) is 74.4 cm³/mol. The van der Waals surface area contributed by atoms with Crippen LogP contribution in [-0.2, 0) is 4.79 Å². The number of carbonyl (C=O) groups excluding carboxylic acids is 1. The zero-order valence-corrected chi connectivity index (χ0v) is 11.6. The predicted octanol–water partition coefficient (Wildman–Crippen LogP) is 4.58. The molecule has 1 radical (unpaired) electrons. The van der Waals surface area contributed by atoms with Gasteiger partial charge in [0.05, 0.1) is 0 Å². The molecule has 95 valence electrons. The Bertz CT molecular complexity index is 238. The maximum absolute atomic E-state index is 11.6. The Morgan fingerprint density at radius 3 is 1.41 bits per heavy atom. The van der Waals surface area contributed by atoms with Crippen LogP contribution < -0.4 is 0 Å². The maximum Gasteiger partial charge on any atom is 0.244 e. The molecule has 0 aliphatic heterocycles. The zero-order valence-electron chi connectivity index (χ0n) is 11.6. The summed E-state index contributed by atoms with van der Waals surface area (Å²) in [6.07, 6.45) is 15.4. The molecule has 17 heavy (non-hydrogen) atoms. The second kappa shape index (κ2) is 5.16. The van der Waals surface area contributed by atoms with Gasteiger partial charge in [0.25, 0.3) is 0 Å². The van der Waals surface area contributed by atoms with Crippen LogP contribution in [0.5, 0.6) is 0 Å². The fraction of sp³-hybridized carbons (Fsp3) is 0.933. The first kappa shape index (κ1) is 13.2. The smallest absolute Gasteiger partial charge is 0.244 e. The van der Waals surface area contributed by atoms with Gasteiger partial charge < -0.3 is 4.79 Å². The van der Waals surface area contributed by atoms with E-state index < -0.39 is 0 Å². The zero-order chi connectivity index (χ0) is 12.4. The third-order valence-electron chi connectivity index (χ3n) is 5.50. The highest BCUT2D eigenvalue weighted by Crippen LogP contribution is 2.56. The average molecular weight is 233 g/mol. The van der Waals surface area contributed by atoms with Crippen LogP contribution in [0.1, 0.15) is 78.1 Å². The van der Waals surface area contributed by atoms with Crippen LogP contribution in [0.15, 0.2) is 0 Å². The van der Waals surface area contributed by atoms with Crippen molar-refractivity contribution in [3.63, 3.8) is 0 Å². The molecule has 1 nitrogen and oxygen atoms in total. The molecule has 2 saturated carbocycles. The topological polar surface area (TPSA) is 17.1 Å². The van der Waals surface area contributed by atoms with E-state index in [-0.39, 0.29) is 17.3 Å². The fourth-order valence-corrected chi connectivity index (χ4v) is 4.42. The molecule has 0 saturated heterocycles. The van der Waals surface area contributed by atoms with Gasteiger partial charge in [0.15, 0.2) is 0 Å². The van der Waals surface area contributed by atoms with Crippen LogP contribution >= 0.6 is 0 Å². The van der Waals surface area contributed by atoms with E-state index in [1.165, 1.54) is 64.2 Å². The lowest BCUT2D eigenvalue weighted by Gasteiger charge is -2.46. The molecular weight excluding hydrogens is 207 g/mol. The number of hydrogen-bond acceptors (Lipinski definition) is 1. The Morgan fingerprint density at radius 1 is 0.765 bits per heavy atom. The van der Waals surface area contributed by atoms with Gasteiger partial charge in [-0.2, -0.15) is 0 Å². The molecule has 0 aromatic heterocycles. The van der Waals surface area contributed by atoms with Crippen molar-refractivity contribution in [3.05, 3.63) is 0 Å². The van der Waals surface area contributed by atoms with Gasteiger partial charge in [-0.05, 0) is 10.6 Å². The molecular formula is C15H26BO. The van der Waals surface area contributed by atoms with Crippen LogP contribution in [0.4, 0.5) is 0 Å². The molecule has 0 aromatic carbocycles. The van der Waals surface area contributed by atoms with Crippen molar-refractivity contribution in [1.29, 1.82) is 0 Å². The van der Waals surface area contributed by atoms with Gasteiger partial charge in [-0.15, -0.1) is 0 Å². The van der Waals surface area contributed by atoms with E-state index in [1.807, 2.05) is 0 Å². The Balaban J connectivity index is 2.16. The summed E-state index contributed by atoms with van der Waals surface area (Å²) in [6.45, 7) is 4.87. The second-order valence-corrected chi connectivity index (χ2v) is 6.98. The van der Waals surface area contributed by atoms with E-state index in [9.17, 15) is 4.79 Å². The molecule has 0 bridgehead atoms. The third kappa shape index (κ3) is 2.61. The number of hydrogen-bond donors (Lipinski definition) is 0. The Morgan fingerprint density at radius 2 is 1.12 bits per heavy atom. The molecule has 0 heterocycles. The molecule has 2 aliphatic carbocycles. The van der Waals surface area contributed by atoms with Gasteiger partial charge >= 0.3 is 0 Å². The highest BCUT2D eigenvalue weighted by atomic mass is 16.1. The normalized spacial score (nSPS) is 27.4. The lowest BCUT2D eigenvalue weighted by molar-refractivity contribution is 0.348. The lowest BCUT2D eigenvalue weighted by Crippen LogP contribution is -2.44. The monoisotopic (exact) mass is 233 g/mol. The first-order chi connectivity index (χ1) is 8.11. The van der Waals surface area contributed by atoms with Crippen molar-refractivity contribution in [1.82, 2.24) is 0 Å². The van der Waals surface area contributed by atoms with Crippen molar-refractivity contribution >= 4 is 12.9 Å². The molecule has 2 fully saturated rings. The van der Waals surface area contributed by atoms with Gasteiger partial charge in [0.1, 0.15) is 6.19 Å². The molecule has 0 N–H and O–H groups in total. The van der Waals surface area contributed by atoms with Crippen molar-refractivity contribution in [2.24, 2.45) is 0 Å². The Labute approximate surface area is 107 Å². The van der Waals surface area contributed by atoms with E-state index in [1.54, 1.807) is 0 Å². The summed E-state index contributed by atoms with van der Waals surface area (Å²) in [5.74, 6) is 0. The van der Waals surface area contributed by atoms with E-state index in [4.69, 9.17) is 0 Å². The summed E-state index contributed by atoms with van der Waals surface area (Å²) < 4.78 is 0. The molecule has 0 unspecified atom stereocenters. The standard InChI is InChI=1S/C15H26BO/c1-14(9-5-3-6-10-14)16(13-17)15(2)11-7-4-8-12-15/h3-12H2,1-2H3. The number of rotatable bonds is 3. The first-order valence-corrected chi connectivity index (χ1v) is 7.48. The van der Waals surface area contributed by atoms with Crippen LogP contribution in [0.3, 0.4) is 0 Å². The minimum atomic E-state index is 0.176. The average Bonchev–Trinajstić information content (AvgIpc) is 2.31. The minimum absolute atomic E-state index is 0.176. The van der Waals surface area contributed by atoms with E-state index in [2.05, 4.69) is 20.0 Å². The maximum atomic E-state index is 11.6. The Kier molecular flexibility index (Phi) is 4.00. The summed E-state index contributed by atoms with van der Waals surface area (Å²) >= 11 is 0. The fourth-order valence-electron chi connectivity index (χ4n) is 4.42. The van der Waals surface area contributed by atoms with E-state index >= 15 is 0 Å². The Hall–Kier alpha value is -0.265. The third-order valence-corrected chi connectivity index (χ3v) is 5.50. The second-order valence-electron chi connectivity index (χ2n) is 6.98. The first-order valence-electron chi connectivity index (χ1n) is 7.48. The van der Waals surface area contributed by atoms with Gasteiger partial charge in [-0.1, -0.05) is 78.1 Å². The highest BCUT2D eigenvalue weighted by Gasteiger charge is 2.50. The summed E-state index contributed by atoms with van der Waals surface area (Å²) in [5, 5.41) is 0.484. The molecule has 0 aromatic rings. The van der Waals surface area contributed by atoms with Crippen LogP contribution in [0.2, 0.25) is 10.6 Å². The van der Waals surface area contributed by atoms with Gasteiger partial charge in [-0.3, -0.25) is 0 Å². The quantitative estimate of drug-likeness (QED) is 0.652. The molecule has 0 spiro atoms. The van der Waals surface area contributed by atoms with Gasteiger partial charge in [-0.25, -0.2) is 0 Å². The lowest BCUT2D eigenvalue weighted by atomic mass is 9.20. The SMILES string of the molecule is CC1(B([C]=O)C2(C)CCCCC2)CCCCC1. The van der Waals surface area contributed by atoms with Crippen LogP contribution in [0, 0.1) is 0 Å². The van der Waals surface area contributed by atoms with E-state index in [0.29, 0.717) is 0 Å². The van der Waals surface area contributed by atoms with Crippen molar-refractivity contribution in [3.8, 4) is 0 Å². The molecule has 2 aliphatic rings. The summed E-state index contributed by atoms with van der Waals surface area (Å²) in [5.41, 5.74) is 0. The minimum Gasteiger partial charge on any atom is -0.304 e. The molecule has 0 amide bonds. The highest BCUT2D eigenvalue weighted by molar-refractivity contribution is 6.89. The van der Waals surface area contributed by atoms with Gasteiger partial charge in [0, 0.05) is 0 Å². The van der Waals surface area contributed by atoms with Gasteiger partial charge in [0.2, 0.25) is 6.71 Å². The summed E-state index contributed by atoms with van der Waals surface area (Å²) in [6, 6.07) is 0. The van der Waals surface area contributed by atoms with E-state index in [0.717, 1.165) is 0 Å². The summed E-state index contributed by atoms with van der Waals surface area (Å²) in [7, 11) is 0. The van der Waals surface area contributed by atoms with Crippen LogP contribution in [0.25, 0.3) is 0 Å². The largest absolute Gasteiger partial charge is 0.304 e. The molecule has 2 heteroatoms. The molecule has 2 rings (SSSR count). The molecule has 0 atom stereocenters. The van der Waals surface area contributed by atoms with Crippen molar-refractivity contribution in [2.45, 2.75) is 88.7 Å². The summed E-state index contributed by atoms with van der Waals surface area (Å²) in [4.78, 5) is 11.6.